The van der Waals surface area contributed by atoms with Gasteiger partial charge in [-0.05, 0) is 34.9 Å². The molecule has 0 bridgehead atoms. The Balaban J connectivity index is 3.07. The fraction of sp³-hybridized carbons (Fsp3) is 0.571. The molecule has 0 saturated heterocycles. The zero-order chi connectivity index (χ0) is 12.6. The van der Waals surface area contributed by atoms with E-state index in [0.717, 1.165) is 12.0 Å². The van der Waals surface area contributed by atoms with Crippen LogP contribution in [0.5, 0.6) is 5.75 Å². The summed E-state index contributed by atoms with van der Waals surface area (Å²) in [6.07, 6.45) is 1.05. The fourth-order valence-corrected chi connectivity index (χ4v) is 2.90. The van der Waals surface area contributed by atoms with E-state index >= 15 is 0 Å². The minimum absolute atomic E-state index is 0.0169. The molecule has 0 radical (unpaired) electrons. The predicted octanol–water partition coefficient (Wildman–Crippen LogP) is 4.76. The fourth-order valence-electron chi connectivity index (χ4n) is 2.47. The zero-order valence-electron chi connectivity index (χ0n) is 10.8. The minimum atomic E-state index is 0.0169. The average molecular weight is 241 g/mol. The smallest absolute Gasteiger partial charge is 0.117 e. The maximum absolute atomic E-state index is 9.35. The van der Waals surface area contributed by atoms with Crippen molar-refractivity contribution in [3.8, 4) is 5.75 Å². The molecule has 0 unspecified atom stereocenters. The van der Waals surface area contributed by atoms with Crippen molar-refractivity contribution in [2.24, 2.45) is 5.41 Å². The Morgan fingerprint density at radius 3 is 2.12 bits per heavy atom. The number of hydrogen-bond donors (Lipinski definition) is 1. The van der Waals surface area contributed by atoms with Gasteiger partial charge in [-0.2, -0.15) is 0 Å². The Morgan fingerprint density at radius 1 is 1.12 bits per heavy atom. The van der Waals surface area contributed by atoms with Crippen molar-refractivity contribution < 1.29 is 5.11 Å². The van der Waals surface area contributed by atoms with Crippen molar-refractivity contribution in [3.05, 3.63) is 28.8 Å². The molecule has 16 heavy (non-hydrogen) atoms. The van der Waals surface area contributed by atoms with E-state index in [9.17, 15) is 5.11 Å². The standard InChI is InChI=1S/C14H21ClO/c1-13(2,3)9-14(4,5)11-7-6-10(16)8-12(11)15/h6-8,16H,9H2,1-5H3. The molecule has 90 valence electrons. The molecule has 1 aromatic carbocycles. The number of rotatable bonds is 2. The quantitative estimate of drug-likeness (QED) is 0.790. The summed E-state index contributed by atoms with van der Waals surface area (Å²) in [6, 6.07) is 5.23. The van der Waals surface area contributed by atoms with Gasteiger partial charge in [0.25, 0.3) is 0 Å². The maximum Gasteiger partial charge on any atom is 0.117 e. The van der Waals surface area contributed by atoms with Gasteiger partial charge in [0.15, 0.2) is 0 Å². The lowest BCUT2D eigenvalue weighted by atomic mass is 9.72. The monoisotopic (exact) mass is 240 g/mol. The first-order valence-electron chi connectivity index (χ1n) is 5.61. The summed E-state index contributed by atoms with van der Waals surface area (Å²) in [6.45, 7) is 11.1. The van der Waals surface area contributed by atoms with Crippen molar-refractivity contribution in [3.63, 3.8) is 0 Å². The Bertz CT molecular complexity index is 375. The average Bonchev–Trinajstić information content (AvgIpc) is 1.97. The third-order valence-corrected chi connectivity index (χ3v) is 2.97. The topological polar surface area (TPSA) is 20.2 Å². The second-order valence-corrected chi connectivity index (χ2v) is 6.69. The summed E-state index contributed by atoms with van der Waals surface area (Å²) in [5.74, 6) is 0.223. The van der Waals surface area contributed by atoms with Crippen LogP contribution in [0.25, 0.3) is 0 Å². The van der Waals surface area contributed by atoms with Crippen LogP contribution in [0.4, 0.5) is 0 Å². The Morgan fingerprint density at radius 2 is 1.69 bits per heavy atom. The molecular formula is C14H21ClO. The van der Waals surface area contributed by atoms with Crippen molar-refractivity contribution >= 4 is 11.6 Å². The van der Waals surface area contributed by atoms with Crippen LogP contribution in [0, 0.1) is 5.41 Å². The molecule has 0 amide bonds. The van der Waals surface area contributed by atoms with E-state index in [4.69, 9.17) is 11.6 Å². The van der Waals surface area contributed by atoms with Gasteiger partial charge in [-0.25, -0.2) is 0 Å². The van der Waals surface area contributed by atoms with Crippen molar-refractivity contribution in [2.75, 3.05) is 0 Å². The van der Waals surface area contributed by atoms with Gasteiger partial charge in [0.1, 0.15) is 5.75 Å². The lowest BCUT2D eigenvalue weighted by molar-refractivity contribution is 0.284. The van der Waals surface area contributed by atoms with E-state index in [-0.39, 0.29) is 16.6 Å². The number of hydrogen-bond acceptors (Lipinski definition) is 1. The highest BCUT2D eigenvalue weighted by atomic mass is 35.5. The first kappa shape index (κ1) is 13.4. The molecule has 0 aliphatic carbocycles. The van der Waals surface area contributed by atoms with Crippen LogP contribution in [0.3, 0.4) is 0 Å². The van der Waals surface area contributed by atoms with Crippen LogP contribution in [0.15, 0.2) is 18.2 Å². The van der Waals surface area contributed by atoms with Crippen molar-refractivity contribution in [1.82, 2.24) is 0 Å². The molecular weight excluding hydrogens is 220 g/mol. The van der Waals surface area contributed by atoms with Gasteiger partial charge in [0.05, 0.1) is 0 Å². The molecule has 0 aromatic heterocycles. The molecule has 0 spiro atoms. The van der Waals surface area contributed by atoms with E-state index in [0.29, 0.717) is 5.02 Å². The molecule has 0 saturated carbocycles. The Labute approximate surface area is 103 Å². The van der Waals surface area contributed by atoms with E-state index in [2.05, 4.69) is 34.6 Å². The first-order valence-corrected chi connectivity index (χ1v) is 5.99. The van der Waals surface area contributed by atoms with E-state index in [1.165, 1.54) is 0 Å². The summed E-state index contributed by atoms with van der Waals surface area (Å²) in [5.41, 5.74) is 1.37. The molecule has 2 heteroatoms. The molecule has 1 rings (SSSR count). The third kappa shape index (κ3) is 3.41. The molecule has 1 nitrogen and oxygen atoms in total. The number of halogens is 1. The van der Waals surface area contributed by atoms with Crippen LogP contribution in [0.2, 0.25) is 5.02 Å². The van der Waals surface area contributed by atoms with Crippen LogP contribution in [-0.2, 0) is 5.41 Å². The zero-order valence-corrected chi connectivity index (χ0v) is 11.5. The van der Waals surface area contributed by atoms with E-state index < -0.39 is 0 Å². The number of phenolic OH excluding ortho intramolecular Hbond substituents is 1. The van der Waals surface area contributed by atoms with Crippen molar-refractivity contribution in [2.45, 2.75) is 46.5 Å². The second kappa shape index (κ2) is 4.29. The number of phenols is 1. The lowest BCUT2D eigenvalue weighted by Crippen LogP contribution is -2.25. The molecule has 1 aromatic rings. The Kier molecular flexibility index (Phi) is 3.59. The van der Waals surface area contributed by atoms with Gasteiger partial charge in [-0.1, -0.05) is 52.3 Å². The maximum atomic E-state index is 9.35. The summed E-state index contributed by atoms with van der Waals surface area (Å²) < 4.78 is 0. The summed E-state index contributed by atoms with van der Waals surface area (Å²) >= 11 is 6.18. The van der Waals surface area contributed by atoms with Gasteiger partial charge in [-0.3, -0.25) is 0 Å². The van der Waals surface area contributed by atoms with Crippen molar-refractivity contribution in [1.29, 1.82) is 0 Å². The lowest BCUT2D eigenvalue weighted by Gasteiger charge is -2.33. The van der Waals surface area contributed by atoms with Crippen LogP contribution in [0.1, 0.15) is 46.6 Å². The van der Waals surface area contributed by atoms with Gasteiger partial charge < -0.3 is 5.11 Å². The number of aromatic hydroxyl groups is 1. The normalized spacial score (nSPS) is 12.9. The molecule has 0 heterocycles. The summed E-state index contributed by atoms with van der Waals surface area (Å²) in [4.78, 5) is 0. The van der Waals surface area contributed by atoms with E-state index in [1.807, 2.05) is 6.07 Å². The molecule has 0 fully saturated rings. The van der Waals surface area contributed by atoms with E-state index in [1.54, 1.807) is 12.1 Å². The van der Waals surface area contributed by atoms with Crippen LogP contribution < -0.4 is 0 Å². The van der Waals surface area contributed by atoms with Gasteiger partial charge in [-0.15, -0.1) is 0 Å². The second-order valence-electron chi connectivity index (χ2n) is 6.29. The largest absolute Gasteiger partial charge is 0.508 e. The summed E-state index contributed by atoms with van der Waals surface area (Å²) in [5, 5.41) is 10.00. The molecule has 0 aliphatic heterocycles. The van der Waals surface area contributed by atoms with Crippen LogP contribution in [-0.4, -0.2) is 5.11 Å². The Hall–Kier alpha value is -0.690. The molecule has 1 N–H and O–H groups in total. The SMILES string of the molecule is CC(C)(C)CC(C)(C)c1ccc(O)cc1Cl. The van der Waals surface area contributed by atoms with Gasteiger partial charge in [0.2, 0.25) is 0 Å². The minimum Gasteiger partial charge on any atom is -0.508 e. The highest BCUT2D eigenvalue weighted by molar-refractivity contribution is 6.31. The third-order valence-electron chi connectivity index (χ3n) is 2.65. The highest BCUT2D eigenvalue weighted by Gasteiger charge is 2.28. The molecule has 0 aliphatic rings. The highest BCUT2D eigenvalue weighted by Crippen LogP contribution is 2.39. The first-order chi connectivity index (χ1) is 7.12. The summed E-state index contributed by atoms with van der Waals surface area (Å²) in [7, 11) is 0. The van der Waals surface area contributed by atoms with Gasteiger partial charge in [0, 0.05) is 5.02 Å². The molecule has 0 atom stereocenters. The number of benzene rings is 1. The van der Waals surface area contributed by atoms with Crippen LogP contribution >= 0.6 is 11.6 Å². The van der Waals surface area contributed by atoms with Gasteiger partial charge >= 0.3 is 0 Å². The predicted molar refractivity (Wildman–Crippen MR) is 70.2 cm³/mol.